The Morgan fingerprint density at radius 1 is 1.21 bits per heavy atom. The molecule has 0 saturated heterocycles. The quantitative estimate of drug-likeness (QED) is 0.619. The third-order valence-electron chi connectivity index (χ3n) is 2.62. The Bertz CT molecular complexity index is 256. The summed E-state index contributed by atoms with van der Waals surface area (Å²) in [6.07, 6.45) is 13.7. The third-order valence-corrected chi connectivity index (χ3v) is 2.62. The van der Waals surface area contributed by atoms with E-state index in [0.717, 1.165) is 12.8 Å². The molecule has 0 heterocycles. The first-order valence-corrected chi connectivity index (χ1v) is 4.90. The second-order valence-electron chi connectivity index (χ2n) is 3.58. The summed E-state index contributed by atoms with van der Waals surface area (Å²) in [7, 11) is 0. The standard InChI is InChI=1S/C12H15NO/c1-3-9-13(10-4-2)11-5-7-12(14)8-6-11/h1-2,11H,5-10H2. The van der Waals surface area contributed by atoms with Gasteiger partial charge in [-0.25, -0.2) is 0 Å². The van der Waals surface area contributed by atoms with E-state index in [1.54, 1.807) is 0 Å². The molecule has 0 aliphatic heterocycles. The van der Waals surface area contributed by atoms with Crippen LogP contribution in [0.25, 0.3) is 0 Å². The van der Waals surface area contributed by atoms with Crippen molar-refractivity contribution >= 4 is 5.78 Å². The maximum absolute atomic E-state index is 11.0. The van der Waals surface area contributed by atoms with Gasteiger partial charge in [0.2, 0.25) is 0 Å². The molecule has 0 aromatic rings. The molecular weight excluding hydrogens is 174 g/mol. The number of hydrogen-bond donors (Lipinski definition) is 0. The van der Waals surface area contributed by atoms with Crippen molar-refractivity contribution in [1.82, 2.24) is 4.90 Å². The van der Waals surface area contributed by atoms with Gasteiger partial charge in [0.25, 0.3) is 0 Å². The molecule has 14 heavy (non-hydrogen) atoms. The molecule has 2 nitrogen and oxygen atoms in total. The Hall–Kier alpha value is -1.25. The Kier molecular flexibility index (Phi) is 4.23. The number of terminal acetylenes is 2. The molecule has 2 heteroatoms. The van der Waals surface area contributed by atoms with Crippen LogP contribution in [0.2, 0.25) is 0 Å². The minimum Gasteiger partial charge on any atom is -0.300 e. The predicted octanol–water partition coefficient (Wildman–Crippen LogP) is 1.07. The highest BCUT2D eigenvalue weighted by atomic mass is 16.1. The van der Waals surface area contributed by atoms with Crippen LogP contribution in [0.15, 0.2) is 0 Å². The molecule has 0 bridgehead atoms. The maximum Gasteiger partial charge on any atom is 0.133 e. The molecular formula is C12H15NO. The second kappa shape index (κ2) is 5.47. The Morgan fingerprint density at radius 3 is 2.14 bits per heavy atom. The highest BCUT2D eigenvalue weighted by Gasteiger charge is 2.23. The molecule has 1 rings (SSSR count). The molecule has 0 aromatic heterocycles. The summed E-state index contributed by atoms with van der Waals surface area (Å²) >= 11 is 0. The van der Waals surface area contributed by atoms with Gasteiger partial charge in [0.15, 0.2) is 0 Å². The average molecular weight is 189 g/mol. The number of rotatable bonds is 3. The molecule has 0 amide bonds. The van der Waals surface area contributed by atoms with Crippen molar-refractivity contribution in [3.05, 3.63) is 0 Å². The lowest BCUT2D eigenvalue weighted by Gasteiger charge is -2.30. The molecule has 0 atom stereocenters. The van der Waals surface area contributed by atoms with E-state index in [1.807, 2.05) is 0 Å². The zero-order valence-electron chi connectivity index (χ0n) is 8.33. The van der Waals surface area contributed by atoms with Crippen molar-refractivity contribution in [3.8, 4) is 24.7 Å². The maximum atomic E-state index is 11.0. The lowest BCUT2D eigenvalue weighted by molar-refractivity contribution is -0.121. The van der Waals surface area contributed by atoms with Crippen LogP contribution < -0.4 is 0 Å². The van der Waals surface area contributed by atoms with Crippen molar-refractivity contribution in [2.24, 2.45) is 0 Å². The van der Waals surface area contributed by atoms with Crippen LogP contribution in [-0.2, 0) is 4.79 Å². The van der Waals surface area contributed by atoms with Crippen LogP contribution >= 0.6 is 0 Å². The van der Waals surface area contributed by atoms with Gasteiger partial charge in [-0.05, 0) is 12.8 Å². The SMILES string of the molecule is C#CCN(CC#C)C1CCC(=O)CC1. The molecule has 0 aromatic carbocycles. The lowest BCUT2D eigenvalue weighted by Crippen LogP contribution is -2.38. The molecule has 0 spiro atoms. The smallest absolute Gasteiger partial charge is 0.133 e. The first kappa shape index (κ1) is 10.8. The molecule has 1 aliphatic rings. The number of nitrogens with zero attached hydrogens (tertiary/aromatic N) is 1. The Labute approximate surface area is 85.7 Å². The fraction of sp³-hybridized carbons (Fsp3) is 0.583. The summed E-state index contributed by atoms with van der Waals surface area (Å²) in [5, 5.41) is 0. The molecule has 1 aliphatic carbocycles. The number of Topliss-reactive ketones (excluding diaryl/α,β-unsaturated/α-hetero) is 1. The largest absolute Gasteiger partial charge is 0.300 e. The minimum absolute atomic E-state index is 0.364. The van der Waals surface area contributed by atoms with Crippen LogP contribution in [0.5, 0.6) is 0 Å². The number of hydrogen-bond acceptors (Lipinski definition) is 2. The van der Waals surface area contributed by atoms with Crippen molar-refractivity contribution < 1.29 is 4.79 Å². The van der Waals surface area contributed by atoms with E-state index >= 15 is 0 Å². The van der Waals surface area contributed by atoms with Crippen LogP contribution in [0.4, 0.5) is 0 Å². The number of carbonyl (C=O) groups is 1. The molecule has 0 unspecified atom stereocenters. The number of ketones is 1. The summed E-state index contributed by atoms with van der Waals surface area (Å²) in [6.45, 7) is 1.17. The molecule has 0 N–H and O–H groups in total. The van der Waals surface area contributed by atoms with E-state index in [-0.39, 0.29) is 0 Å². The summed E-state index contributed by atoms with van der Waals surface area (Å²) in [6, 6.07) is 0.403. The minimum atomic E-state index is 0.364. The topological polar surface area (TPSA) is 20.3 Å². The summed E-state index contributed by atoms with van der Waals surface area (Å²) in [5.74, 6) is 5.58. The summed E-state index contributed by atoms with van der Waals surface area (Å²) in [5.41, 5.74) is 0. The van der Waals surface area contributed by atoms with Gasteiger partial charge in [-0.1, -0.05) is 11.8 Å². The zero-order chi connectivity index (χ0) is 10.4. The van der Waals surface area contributed by atoms with E-state index in [9.17, 15) is 4.79 Å². The Morgan fingerprint density at radius 2 is 1.71 bits per heavy atom. The number of carbonyl (C=O) groups excluding carboxylic acids is 1. The molecule has 1 fully saturated rings. The fourth-order valence-corrected chi connectivity index (χ4v) is 1.84. The van der Waals surface area contributed by atoms with Crippen molar-refractivity contribution in [2.45, 2.75) is 31.7 Å². The zero-order valence-corrected chi connectivity index (χ0v) is 8.33. The molecule has 74 valence electrons. The van der Waals surface area contributed by atoms with Gasteiger partial charge in [0, 0.05) is 18.9 Å². The lowest BCUT2D eigenvalue weighted by atomic mass is 9.93. The first-order chi connectivity index (χ1) is 6.77. The van der Waals surface area contributed by atoms with Crippen molar-refractivity contribution in [1.29, 1.82) is 0 Å². The molecule has 0 radical (unpaired) electrons. The van der Waals surface area contributed by atoms with Crippen LogP contribution in [0.1, 0.15) is 25.7 Å². The van der Waals surface area contributed by atoms with Gasteiger partial charge >= 0.3 is 0 Å². The van der Waals surface area contributed by atoms with E-state index in [4.69, 9.17) is 12.8 Å². The van der Waals surface area contributed by atoms with E-state index in [1.165, 1.54) is 0 Å². The monoisotopic (exact) mass is 189 g/mol. The van der Waals surface area contributed by atoms with E-state index in [2.05, 4.69) is 16.7 Å². The van der Waals surface area contributed by atoms with E-state index < -0.39 is 0 Å². The summed E-state index contributed by atoms with van der Waals surface area (Å²) < 4.78 is 0. The van der Waals surface area contributed by atoms with Gasteiger partial charge in [-0.3, -0.25) is 9.69 Å². The predicted molar refractivity (Wildman–Crippen MR) is 56.5 cm³/mol. The van der Waals surface area contributed by atoms with Gasteiger partial charge in [0.05, 0.1) is 13.1 Å². The highest BCUT2D eigenvalue weighted by molar-refractivity contribution is 5.79. The van der Waals surface area contributed by atoms with Gasteiger partial charge in [-0.2, -0.15) is 0 Å². The first-order valence-electron chi connectivity index (χ1n) is 4.90. The summed E-state index contributed by atoms with van der Waals surface area (Å²) in [4.78, 5) is 13.2. The normalized spacial score (nSPS) is 17.8. The third kappa shape index (κ3) is 2.91. The van der Waals surface area contributed by atoms with Gasteiger partial charge in [0.1, 0.15) is 5.78 Å². The highest BCUT2D eigenvalue weighted by Crippen LogP contribution is 2.19. The Balaban J connectivity index is 2.48. The van der Waals surface area contributed by atoms with Gasteiger partial charge in [-0.15, -0.1) is 12.8 Å². The van der Waals surface area contributed by atoms with Crippen LogP contribution in [0, 0.1) is 24.7 Å². The molecule has 1 saturated carbocycles. The van der Waals surface area contributed by atoms with Crippen molar-refractivity contribution in [2.75, 3.05) is 13.1 Å². The van der Waals surface area contributed by atoms with Crippen LogP contribution in [0.3, 0.4) is 0 Å². The van der Waals surface area contributed by atoms with Crippen molar-refractivity contribution in [3.63, 3.8) is 0 Å². The van der Waals surface area contributed by atoms with Crippen LogP contribution in [-0.4, -0.2) is 29.8 Å². The van der Waals surface area contributed by atoms with Gasteiger partial charge < -0.3 is 0 Å². The average Bonchev–Trinajstić information content (AvgIpc) is 2.19. The second-order valence-corrected chi connectivity index (χ2v) is 3.58. The van der Waals surface area contributed by atoms with E-state index in [0.29, 0.717) is 37.8 Å². The fourth-order valence-electron chi connectivity index (χ4n) is 1.84.